The molecule has 0 spiro atoms. The molecule has 1 N–H and O–H groups in total. The molecular weight excluding hydrogens is 370 g/mol. The molecular formula is C18H21N3O5S. The van der Waals surface area contributed by atoms with Gasteiger partial charge in [0, 0.05) is 24.9 Å². The number of hydrogen-bond acceptors (Lipinski definition) is 5. The van der Waals surface area contributed by atoms with Gasteiger partial charge in [-0.25, -0.2) is 8.42 Å². The third kappa shape index (κ3) is 4.69. The van der Waals surface area contributed by atoms with Crippen molar-refractivity contribution in [2.75, 3.05) is 18.9 Å². The molecule has 0 aromatic heterocycles. The lowest BCUT2D eigenvalue weighted by molar-refractivity contribution is -0.384. The number of anilines is 1. The molecule has 0 aliphatic carbocycles. The minimum atomic E-state index is -3.95. The van der Waals surface area contributed by atoms with Crippen LogP contribution in [0.4, 0.5) is 11.4 Å². The summed E-state index contributed by atoms with van der Waals surface area (Å²) in [5.41, 5.74) is 3.30. The third-order valence-electron chi connectivity index (χ3n) is 4.06. The monoisotopic (exact) mass is 391 g/mol. The Labute approximate surface area is 158 Å². The van der Waals surface area contributed by atoms with Crippen LogP contribution in [-0.2, 0) is 14.8 Å². The molecule has 0 unspecified atom stereocenters. The van der Waals surface area contributed by atoms with Crippen LogP contribution in [0.1, 0.15) is 16.7 Å². The number of nitro groups is 1. The zero-order valence-electron chi connectivity index (χ0n) is 15.5. The first-order valence-electron chi connectivity index (χ1n) is 8.11. The lowest BCUT2D eigenvalue weighted by Crippen LogP contribution is -2.35. The smallest absolute Gasteiger partial charge is 0.269 e. The van der Waals surface area contributed by atoms with Crippen LogP contribution >= 0.6 is 0 Å². The van der Waals surface area contributed by atoms with E-state index in [9.17, 15) is 23.3 Å². The molecule has 0 saturated carbocycles. The number of likely N-dealkylation sites (N-methyl/N-ethyl adjacent to an activating group) is 1. The van der Waals surface area contributed by atoms with E-state index < -0.39 is 20.9 Å². The van der Waals surface area contributed by atoms with E-state index in [0.717, 1.165) is 45.3 Å². The highest BCUT2D eigenvalue weighted by molar-refractivity contribution is 7.89. The summed E-state index contributed by atoms with van der Waals surface area (Å²) in [6.07, 6.45) is 0. The Morgan fingerprint density at radius 2 is 1.63 bits per heavy atom. The van der Waals surface area contributed by atoms with Crippen molar-refractivity contribution >= 4 is 27.3 Å². The molecule has 0 bridgehead atoms. The highest BCUT2D eigenvalue weighted by atomic mass is 32.2. The lowest BCUT2D eigenvalue weighted by Gasteiger charge is -2.18. The topological polar surface area (TPSA) is 110 Å². The first kappa shape index (κ1) is 20.5. The minimum absolute atomic E-state index is 0.119. The second-order valence-corrected chi connectivity index (χ2v) is 8.38. The van der Waals surface area contributed by atoms with Gasteiger partial charge in [-0.1, -0.05) is 17.7 Å². The number of amides is 1. The Kier molecular flexibility index (Phi) is 5.97. The van der Waals surface area contributed by atoms with Gasteiger partial charge in [-0.15, -0.1) is 0 Å². The standard InChI is InChI=1S/C18H21N3O5S/c1-12-9-13(2)18(14(3)10-12)19-17(22)11-20(4)27(25,26)16-7-5-15(6-8-16)21(23)24/h5-10H,11H2,1-4H3,(H,19,22). The van der Waals surface area contributed by atoms with Gasteiger partial charge in [-0.3, -0.25) is 14.9 Å². The summed E-state index contributed by atoms with van der Waals surface area (Å²) in [5, 5.41) is 13.4. The average molecular weight is 391 g/mol. The molecule has 144 valence electrons. The normalized spacial score (nSPS) is 11.4. The summed E-state index contributed by atoms with van der Waals surface area (Å²) in [4.78, 5) is 22.3. The van der Waals surface area contributed by atoms with Crippen molar-refractivity contribution in [1.29, 1.82) is 0 Å². The molecule has 9 heteroatoms. The van der Waals surface area contributed by atoms with Crippen LogP contribution in [0.15, 0.2) is 41.3 Å². The summed E-state index contributed by atoms with van der Waals surface area (Å²) in [5.74, 6) is -0.474. The van der Waals surface area contributed by atoms with E-state index in [2.05, 4.69) is 5.32 Å². The Bertz CT molecular complexity index is 962. The summed E-state index contributed by atoms with van der Waals surface area (Å²) in [6, 6.07) is 8.38. The van der Waals surface area contributed by atoms with Crippen LogP contribution in [0.5, 0.6) is 0 Å². The van der Waals surface area contributed by atoms with Gasteiger partial charge in [0.15, 0.2) is 0 Å². The zero-order chi connectivity index (χ0) is 20.4. The largest absolute Gasteiger partial charge is 0.324 e. The van der Waals surface area contributed by atoms with E-state index in [4.69, 9.17) is 0 Å². The predicted octanol–water partition coefficient (Wildman–Crippen LogP) is 2.78. The molecule has 27 heavy (non-hydrogen) atoms. The fourth-order valence-electron chi connectivity index (χ4n) is 2.76. The second-order valence-electron chi connectivity index (χ2n) is 6.33. The van der Waals surface area contributed by atoms with Crippen LogP contribution in [0.2, 0.25) is 0 Å². The number of sulfonamides is 1. The number of benzene rings is 2. The van der Waals surface area contributed by atoms with Crippen LogP contribution in [0.3, 0.4) is 0 Å². The van der Waals surface area contributed by atoms with Gasteiger partial charge in [0.25, 0.3) is 5.69 Å². The van der Waals surface area contributed by atoms with Crippen LogP contribution in [-0.4, -0.2) is 37.1 Å². The highest BCUT2D eigenvalue weighted by Gasteiger charge is 2.24. The lowest BCUT2D eigenvalue weighted by atomic mass is 10.1. The van der Waals surface area contributed by atoms with Crippen molar-refractivity contribution in [2.24, 2.45) is 0 Å². The van der Waals surface area contributed by atoms with Gasteiger partial charge < -0.3 is 5.32 Å². The third-order valence-corrected chi connectivity index (χ3v) is 5.88. The second kappa shape index (κ2) is 7.85. The van der Waals surface area contributed by atoms with Crippen molar-refractivity contribution in [3.05, 3.63) is 63.2 Å². The van der Waals surface area contributed by atoms with Crippen molar-refractivity contribution < 1.29 is 18.1 Å². The molecule has 0 fully saturated rings. The maximum atomic E-state index is 12.6. The average Bonchev–Trinajstić information content (AvgIpc) is 2.58. The van der Waals surface area contributed by atoms with Crippen molar-refractivity contribution in [3.63, 3.8) is 0 Å². The number of carbonyl (C=O) groups excluding carboxylic acids is 1. The molecule has 0 radical (unpaired) electrons. The van der Waals surface area contributed by atoms with Crippen molar-refractivity contribution in [2.45, 2.75) is 25.7 Å². The molecule has 0 atom stereocenters. The molecule has 2 aromatic rings. The van der Waals surface area contributed by atoms with Gasteiger partial charge in [0.2, 0.25) is 15.9 Å². The number of carbonyl (C=O) groups is 1. The Balaban J connectivity index is 2.14. The van der Waals surface area contributed by atoms with Crippen molar-refractivity contribution in [3.8, 4) is 0 Å². The molecule has 2 rings (SSSR count). The van der Waals surface area contributed by atoms with Gasteiger partial charge in [-0.2, -0.15) is 4.31 Å². The van der Waals surface area contributed by atoms with Gasteiger partial charge in [-0.05, 0) is 44.0 Å². The Hall–Kier alpha value is -2.78. The SMILES string of the molecule is Cc1cc(C)c(NC(=O)CN(C)S(=O)(=O)c2ccc([N+](=O)[O-])cc2)c(C)c1. The first-order chi connectivity index (χ1) is 12.5. The highest BCUT2D eigenvalue weighted by Crippen LogP contribution is 2.22. The number of nitro benzene ring substituents is 1. The predicted molar refractivity (Wildman–Crippen MR) is 102 cm³/mol. The van der Waals surface area contributed by atoms with Crippen LogP contribution in [0.25, 0.3) is 0 Å². The summed E-state index contributed by atoms with van der Waals surface area (Å²) in [6.45, 7) is 5.31. The fraction of sp³-hybridized carbons (Fsp3) is 0.278. The number of rotatable bonds is 6. The molecule has 0 heterocycles. The van der Waals surface area contributed by atoms with Gasteiger partial charge in [0.05, 0.1) is 16.4 Å². The number of nitrogens with one attached hydrogen (secondary N) is 1. The van der Waals surface area contributed by atoms with Gasteiger partial charge >= 0.3 is 0 Å². The van der Waals surface area contributed by atoms with E-state index in [-0.39, 0.29) is 17.1 Å². The number of hydrogen-bond donors (Lipinski definition) is 1. The quantitative estimate of drug-likeness (QED) is 0.601. The van der Waals surface area contributed by atoms with E-state index >= 15 is 0 Å². The summed E-state index contributed by atoms with van der Waals surface area (Å²) >= 11 is 0. The van der Waals surface area contributed by atoms with Gasteiger partial charge in [0.1, 0.15) is 0 Å². The number of non-ortho nitro benzene ring substituents is 1. The summed E-state index contributed by atoms with van der Waals surface area (Å²) in [7, 11) is -2.66. The van der Waals surface area contributed by atoms with Crippen LogP contribution in [0, 0.1) is 30.9 Å². The van der Waals surface area contributed by atoms with E-state index in [1.165, 1.54) is 7.05 Å². The molecule has 1 amide bonds. The van der Waals surface area contributed by atoms with E-state index in [1.54, 1.807) is 0 Å². The van der Waals surface area contributed by atoms with E-state index in [0.29, 0.717) is 5.69 Å². The van der Waals surface area contributed by atoms with Crippen molar-refractivity contribution in [1.82, 2.24) is 4.31 Å². The molecule has 8 nitrogen and oxygen atoms in total. The fourth-order valence-corrected chi connectivity index (χ4v) is 3.89. The first-order valence-corrected chi connectivity index (χ1v) is 9.55. The van der Waals surface area contributed by atoms with Crippen LogP contribution < -0.4 is 5.32 Å². The molecule has 0 aliphatic rings. The van der Waals surface area contributed by atoms with E-state index in [1.807, 2.05) is 32.9 Å². The molecule has 0 saturated heterocycles. The Morgan fingerprint density at radius 1 is 1.11 bits per heavy atom. The maximum absolute atomic E-state index is 12.6. The minimum Gasteiger partial charge on any atom is -0.324 e. The molecule has 0 aliphatic heterocycles. The molecule has 2 aromatic carbocycles. The maximum Gasteiger partial charge on any atom is 0.269 e. The number of aryl methyl sites for hydroxylation is 3. The number of nitrogens with zero attached hydrogens (tertiary/aromatic N) is 2. The Morgan fingerprint density at radius 3 is 2.11 bits per heavy atom. The zero-order valence-corrected chi connectivity index (χ0v) is 16.3. The summed E-state index contributed by atoms with van der Waals surface area (Å²) < 4.78 is 26.0.